The number of hydrogen-bond donors (Lipinski definition) is 1. The largest absolute Gasteiger partial charge is 0.374 e. The van der Waals surface area contributed by atoms with Gasteiger partial charge >= 0.3 is 0 Å². The van der Waals surface area contributed by atoms with E-state index in [2.05, 4.69) is 36.2 Å². The summed E-state index contributed by atoms with van der Waals surface area (Å²) in [6, 6.07) is 0. The summed E-state index contributed by atoms with van der Waals surface area (Å²) in [4.78, 5) is 4.06. The summed E-state index contributed by atoms with van der Waals surface area (Å²) in [5.41, 5.74) is 2.83. The summed E-state index contributed by atoms with van der Waals surface area (Å²) in [5, 5.41) is 12.6. The second-order valence-electron chi connectivity index (χ2n) is 8.95. The van der Waals surface area contributed by atoms with E-state index in [0.717, 1.165) is 44.8 Å². The van der Waals surface area contributed by atoms with Crippen molar-refractivity contribution in [3.05, 3.63) is 11.4 Å². The fourth-order valence-electron chi connectivity index (χ4n) is 4.59. The summed E-state index contributed by atoms with van der Waals surface area (Å²) in [6.45, 7) is 8.44. The van der Waals surface area contributed by atoms with Gasteiger partial charge in [-0.05, 0) is 51.6 Å². The van der Waals surface area contributed by atoms with Crippen LogP contribution in [0.4, 0.5) is 0 Å². The number of likely N-dealkylation sites (N-methyl/N-ethyl adjacent to an activating group) is 2. The molecular weight excluding hydrogens is 314 g/mol. The molecule has 1 aliphatic heterocycles. The van der Waals surface area contributed by atoms with Crippen LogP contribution in [0.25, 0.3) is 0 Å². The molecule has 1 N–H and O–H groups in total. The normalized spacial score (nSPS) is 29.0. The fourth-order valence-corrected chi connectivity index (χ4v) is 4.59. The summed E-state index contributed by atoms with van der Waals surface area (Å²) in [5.74, 6) is 0.527. The zero-order chi connectivity index (χ0) is 18.1. The molecule has 0 unspecified atom stereocenters. The molecule has 0 radical (unpaired) electrons. The summed E-state index contributed by atoms with van der Waals surface area (Å²) < 4.78 is 6.27. The number of hydrogen-bond acceptors (Lipinski definition) is 5. The first kappa shape index (κ1) is 18.8. The van der Waals surface area contributed by atoms with Gasteiger partial charge in [-0.25, -0.2) is 0 Å². The number of nitrogens with one attached hydrogen (secondary N) is 1. The first-order chi connectivity index (χ1) is 11.8. The lowest BCUT2D eigenvalue weighted by Gasteiger charge is -2.36. The van der Waals surface area contributed by atoms with Crippen molar-refractivity contribution in [2.75, 3.05) is 33.8 Å². The van der Waals surface area contributed by atoms with Crippen molar-refractivity contribution < 1.29 is 4.74 Å². The van der Waals surface area contributed by atoms with Crippen molar-refractivity contribution in [2.45, 2.75) is 64.0 Å². The van der Waals surface area contributed by atoms with E-state index in [1.165, 1.54) is 25.0 Å². The molecule has 0 atom stereocenters. The first-order valence-corrected chi connectivity index (χ1v) is 9.70. The van der Waals surface area contributed by atoms with Crippen LogP contribution in [-0.2, 0) is 18.3 Å². The van der Waals surface area contributed by atoms with E-state index in [1.54, 1.807) is 4.80 Å². The Bertz CT molecular complexity index is 574. The monoisotopic (exact) mass is 349 g/mol. The van der Waals surface area contributed by atoms with Crippen LogP contribution in [-0.4, -0.2) is 59.3 Å². The molecule has 25 heavy (non-hydrogen) atoms. The van der Waals surface area contributed by atoms with Crippen LogP contribution in [0.5, 0.6) is 0 Å². The van der Waals surface area contributed by atoms with Crippen molar-refractivity contribution >= 4 is 0 Å². The lowest BCUT2D eigenvalue weighted by Crippen LogP contribution is -2.34. The Labute approximate surface area is 152 Å². The highest BCUT2D eigenvalue weighted by molar-refractivity contribution is 5.16. The highest BCUT2D eigenvalue weighted by Crippen LogP contribution is 2.49. The molecule has 1 saturated carbocycles. The predicted octanol–water partition coefficient (Wildman–Crippen LogP) is 2.31. The van der Waals surface area contributed by atoms with E-state index in [9.17, 15) is 0 Å². The maximum absolute atomic E-state index is 6.27. The van der Waals surface area contributed by atoms with E-state index < -0.39 is 0 Å². The summed E-state index contributed by atoms with van der Waals surface area (Å²) in [6.07, 6.45) is 5.86. The van der Waals surface area contributed by atoms with Crippen molar-refractivity contribution in [3.8, 4) is 0 Å². The van der Waals surface area contributed by atoms with Gasteiger partial charge in [0.25, 0.3) is 0 Å². The lowest BCUT2D eigenvalue weighted by molar-refractivity contribution is -0.0296. The van der Waals surface area contributed by atoms with Gasteiger partial charge in [-0.15, -0.1) is 0 Å². The maximum atomic E-state index is 6.27. The molecule has 1 aromatic heterocycles. The SMILES string of the molecule is CNCCN(C)Cc1nn(C)nc1C1CCC2(CC1)CC(C)(C)CO2. The molecule has 142 valence electrons. The van der Waals surface area contributed by atoms with Crippen molar-refractivity contribution in [1.29, 1.82) is 0 Å². The highest BCUT2D eigenvalue weighted by atomic mass is 16.5. The molecule has 2 heterocycles. The molecule has 0 amide bonds. The lowest BCUT2D eigenvalue weighted by atomic mass is 9.72. The van der Waals surface area contributed by atoms with Crippen LogP contribution >= 0.6 is 0 Å². The van der Waals surface area contributed by atoms with E-state index in [1.807, 2.05) is 14.1 Å². The molecule has 2 fully saturated rings. The van der Waals surface area contributed by atoms with Crippen molar-refractivity contribution in [1.82, 2.24) is 25.2 Å². The van der Waals surface area contributed by atoms with Crippen LogP contribution in [0.2, 0.25) is 0 Å². The number of aromatic nitrogens is 3. The third-order valence-corrected chi connectivity index (χ3v) is 5.83. The standard InChI is InChI=1S/C19H35N5O/c1-18(2)13-19(25-14-18)8-6-15(7-9-19)17-16(21-24(5)22-17)12-23(4)11-10-20-3/h15,20H,6-14H2,1-5H3. The molecule has 2 aliphatic rings. The Hall–Kier alpha value is -0.980. The highest BCUT2D eigenvalue weighted by Gasteiger charge is 2.46. The van der Waals surface area contributed by atoms with Gasteiger partial charge in [-0.2, -0.15) is 15.0 Å². The van der Waals surface area contributed by atoms with Crippen LogP contribution in [0.3, 0.4) is 0 Å². The van der Waals surface area contributed by atoms with E-state index in [0.29, 0.717) is 11.3 Å². The Balaban J connectivity index is 1.63. The van der Waals surface area contributed by atoms with Crippen LogP contribution in [0.1, 0.15) is 63.3 Å². The summed E-state index contributed by atoms with van der Waals surface area (Å²) in [7, 11) is 6.08. The fraction of sp³-hybridized carbons (Fsp3) is 0.895. The van der Waals surface area contributed by atoms with Gasteiger partial charge in [0.1, 0.15) is 5.69 Å². The summed E-state index contributed by atoms with van der Waals surface area (Å²) >= 11 is 0. The van der Waals surface area contributed by atoms with E-state index in [4.69, 9.17) is 9.84 Å². The minimum atomic E-state index is 0.131. The zero-order valence-electron chi connectivity index (χ0n) is 16.6. The van der Waals surface area contributed by atoms with Gasteiger partial charge in [0.2, 0.25) is 0 Å². The Kier molecular flexibility index (Phi) is 5.51. The molecule has 1 aliphatic carbocycles. The van der Waals surface area contributed by atoms with Gasteiger partial charge in [0.05, 0.1) is 17.9 Å². The third-order valence-electron chi connectivity index (χ3n) is 5.83. The molecule has 6 heteroatoms. The Morgan fingerprint density at radius 3 is 2.60 bits per heavy atom. The van der Waals surface area contributed by atoms with Gasteiger partial charge < -0.3 is 10.1 Å². The number of aryl methyl sites for hydroxylation is 1. The van der Waals surface area contributed by atoms with Crippen molar-refractivity contribution in [3.63, 3.8) is 0 Å². The molecular formula is C19H35N5O. The number of nitrogens with zero attached hydrogens (tertiary/aromatic N) is 4. The maximum Gasteiger partial charge on any atom is 0.100 e. The predicted molar refractivity (Wildman–Crippen MR) is 99.6 cm³/mol. The van der Waals surface area contributed by atoms with Gasteiger partial charge in [-0.3, -0.25) is 4.90 Å². The van der Waals surface area contributed by atoms with Crippen LogP contribution < -0.4 is 5.32 Å². The molecule has 1 spiro atoms. The minimum Gasteiger partial charge on any atom is -0.374 e. The Morgan fingerprint density at radius 2 is 2.00 bits per heavy atom. The van der Waals surface area contributed by atoms with Gasteiger partial charge in [-0.1, -0.05) is 13.8 Å². The minimum absolute atomic E-state index is 0.131. The van der Waals surface area contributed by atoms with Gasteiger partial charge in [0.15, 0.2) is 0 Å². The molecule has 1 aromatic rings. The topological polar surface area (TPSA) is 55.2 Å². The number of rotatable bonds is 6. The first-order valence-electron chi connectivity index (χ1n) is 9.70. The second-order valence-corrected chi connectivity index (χ2v) is 8.95. The number of ether oxygens (including phenoxy) is 1. The quantitative estimate of drug-likeness (QED) is 0.854. The third kappa shape index (κ3) is 4.41. The van der Waals surface area contributed by atoms with Crippen LogP contribution in [0.15, 0.2) is 0 Å². The molecule has 0 aromatic carbocycles. The van der Waals surface area contributed by atoms with Gasteiger partial charge in [0, 0.05) is 32.6 Å². The van der Waals surface area contributed by atoms with E-state index >= 15 is 0 Å². The smallest absolute Gasteiger partial charge is 0.100 e. The molecule has 3 rings (SSSR count). The molecule has 0 bridgehead atoms. The second kappa shape index (κ2) is 7.33. The molecule has 6 nitrogen and oxygen atoms in total. The van der Waals surface area contributed by atoms with Crippen molar-refractivity contribution in [2.24, 2.45) is 12.5 Å². The average molecular weight is 350 g/mol. The Morgan fingerprint density at radius 1 is 1.28 bits per heavy atom. The zero-order valence-corrected chi connectivity index (χ0v) is 16.6. The van der Waals surface area contributed by atoms with E-state index in [-0.39, 0.29) is 5.60 Å². The van der Waals surface area contributed by atoms with Crippen LogP contribution in [0, 0.1) is 5.41 Å². The average Bonchev–Trinajstić information content (AvgIpc) is 3.06. The molecule has 1 saturated heterocycles.